The van der Waals surface area contributed by atoms with Gasteiger partial charge in [-0.2, -0.15) is 8.42 Å². The molecular weight excluding hydrogens is 273 g/mol. The van der Waals surface area contributed by atoms with E-state index >= 15 is 0 Å². The zero-order chi connectivity index (χ0) is 13.3. The molecule has 2 rings (SSSR count). The number of hydrogen-bond donors (Lipinski definition) is 2. The first-order chi connectivity index (χ1) is 8.42. The zero-order valence-electron chi connectivity index (χ0n) is 10.6. The van der Waals surface area contributed by atoms with Crippen molar-refractivity contribution in [2.75, 3.05) is 5.32 Å². The van der Waals surface area contributed by atoms with Gasteiger partial charge in [0.2, 0.25) is 5.96 Å². The zero-order valence-corrected chi connectivity index (χ0v) is 11.4. The summed E-state index contributed by atoms with van der Waals surface area (Å²) in [4.78, 5) is -0.141. The van der Waals surface area contributed by atoms with E-state index in [4.69, 9.17) is 0 Å². The lowest BCUT2D eigenvalue weighted by Crippen LogP contribution is -2.39. The Morgan fingerprint density at radius 3 is 2.79 bits per heavy atom. The number of halogens is 1. The van der Waals surface area contributed by atoms with Gasteiger partial charge in [0.05, 0.1) is 5.69 Å². The fourth-order valence-corrected chi connectivity index (χ4v) is 2.63. The third-order valence-corrected chi connectivity index (χ3v) is 4.00. The van der Waals surface area contributed by atoms with Gasteiger partial charge in [0.1, 0.15) is 10.7 Å². The van der Waals surface area contributed by atoms with Crippen LogP contribution in [0.2, 0.25) is 0 Å². The van der Waals surface area contributed by atoms with Crippen molar-refractivity contribution in [2.45, 2.75) is 31.2 Å². The lowest BCUT2D eigenvalue weighted by molar-refractivity contribution is 0.590. The van der Waals surface area contributed by atoms with Gasteiger partial charge in [0, 0.05) is 6.04 Å². The number of hydrogen-bond acceptors (Lipinski definition) is 4. The summed E-state index contributed by atoms with van der Waals surface area (Å²) >= 11 is 0. The summed E-state index contributed by atoms with van der Waals surface area (Å²) in [5.74, 6) is -0.434. The average molecular weight is 289 g/mol. The van der Waals surface area contributed by atoms with Crippen LogP contribution in [0, 0.1) is 5.82 Å². The summed E-state index contributed by atoms with van der Waals surface area (Å²) in [6, 6.07) is 3.64. The second-order valence-corrected chi connectivity index (χ2v) is 5.71. The quantitative estimate of drug-likeness (QED) is 0.842. The van der Waals surface area contributed by atoms with Gasteiger partial charge in [0.15, 0.2) is 0 Å². The van der Waals surface area contributed by atoms with Gasteiger partial charge >= 0.3 is 0 Å². The molecule has 0 bridgehead atoms. The van der Waals surface area contributed by atoms with Crippen molar-refractivity contribution in [2.24, 2.45) is 4.40 Å². The van der Waals surface area contributed by atoms with Gasteiger partial charge in [-0.1, -0.05) is 6.92 Å². The molecule has 0 radical (unpaired) electrons. The Morgan fingerprint density at radius 1 is 1.47 bits per heavy atom. The molecule has 1 unspecified atom stereocenters. The summed E-state index contributed by atoms with van der Waals surface area (Å²) in [6.07, 6.45) is 0.830. The van der Waals surface area contributed by atoms with Crippen LogP contribution >= 0.6 is 0 Å². The molecule has 0 saturated heterocycles. The van der Waals surface area contributed by atoms with E-state index in [-0.39, 0.29) is 22.4 Å². The summed E-state index contributed by atoms with van der Waals surface area (Å²) in [5, 5.41) is 5.78. The third kappa shape index (κ3) is 3.21. The maximum atomic E-state index is 13.0. The van der Waals surface area contributed by atoms with E-state index in [0.29, 0.717) is 5.69 Å². The van der Waals surface area contributed by atoms with Crippen LogP contribution in [0.1, 0.15) is 20.3 Å². The highest BCUT2D eigenvalue weighted by Gasteiger charge is 2.25. The van der Waals surface area contributed by atoms with Crippen molar-refractivity contribution in [3.63, 3.8) is 0 Å². The monoisotopic (exact) mass is 289 g/mol. The fraction of sp³-hybridized carbons (Fsp3) is 0.364. The molecule has 0 fully saturated rings. The van der Waals surface area contributed by atoms with E-state index in [2.05, 4.69) is 15.0 Å². The van der Waals surface area contributed by atoms with E-state index in [1.165, 1.54) is 12.1 Å². The van der Waals surface area contributed by atoms with Gasteiger partial charge in [-0.15, -0.1) is 4.40 Å². The Morgan fingerprint density at radius 2 is 2.16 bits per heavy atom. The molecule has 0 spiro atoms. The van der Waals surface area contributed by atoms with Crippen molar-refractivity contribution in [1.29, 1.82) is 0 Å². The molecule has 1 aromatic rings. The second kappa shape index (κ2) is 5.54. The minimum absolute atomic E-state index is 0. The van der Waals surface area contributed by atoms with Crippen LogP contribution in [-0.2, 0) is 10.0 Å². The van der Waals surface area contributed by atoms with E-state index < -0.39 is 15.8 Å². The molecule has 1 aliphatic rings. The van der Waals surface area contributed by atoms with E-state index in [1.807, 2.05) is 13.8 Å². The van der Waals surface area contributed by atoms with Gasteiger partial charge in [-0.25, -0.2) is 4.39 Å². The molecule has 1 aliphatic heterocycles. The van der Waals surface area contributed by atoms with E-state index in [0.717, 1.165) is 12.5 Å². The maximum Gasteiger partial charge on any atom is 0.287 e. The van der Waals surface area contributed by atoms with Crippen molar-refractivity contribution in [3.05, 3.63) is 24.0 Å². The topological polar surface area (TPSA) is 102 Å². The number of fused-ring (bicyclic) bond motifs is 1. The first-order valence-corrected chi connectivity index (χ1v) is 7.04. The molecule has 0 saturated carbocycles. The molecule has 19 heavy (non-hydrogen) atoms. The Hall–Kier alpha value is -1.67. The SMILES string of the molecule is CCC(C)NC1=NS(=O)(=O)c2cc(F)ccc2N1.O. The van der Waals surface area contributed by atoms with Crippen molar-refractivity contribution in [1.82, 2.24) is 5.32 Å². The van der Waals surface area contributed by atoms with Gasteiger partial charge < -0.3 is 16.1 Å². The van der Waals surface area contributed by atoms with Gasteiger partial charge in [0.25, 0.3) is 10.0 Å². The van der Waals surface area contributed by atoms with Gasteiger partial charge in [-0.3, -0.25) is 0 Å². The lowest BCUT2D eigenvalue weighted by Gasteiger charge is -2.21. The van der Waals surface area contributed by atoms with Gasteiger partial charge in [-0.05, 0) is 31.5 Å². The molecular formula is C11H16FN3O3S. The maximum absolute atomic E-state index is 13.0. The molecule has 0 amide bonds. The van der Waals surface area contributed by atoms with E-state index in [1.54, 1.807) is 0 Å². The molecule has 4 N–H and O–H groups in total. The number of guanidine groups is 1. The smallest absolute Gasteiger partial charge is 0.287 e. The van der Waals surface area contributed by atoms with Crippen LogP contribution in [0.3, 0.4) is 0 Å². The predicted molar refractivity (Wildman–Crippen MR) is 71.1 cm³/mol. The van der Waals surface area contributed by atoms with Crippen LogP contribution in [0.15, 0.2) is 27.5 Å². The molecule has 8 heteroatoms. The summed E-state index contributed by atoms with van der Waals surface area (Å²) in [7, 11) is -3.84. The van der Waals surface area contributed by atoms with Crippen LogP contribution in [0.5, 0.6) is 0 Å². The van der Waals surface area contributed by atoms with Crippen molar-refractivity contribution < 1.29 is 18.3 Å². The minimum Gasteiger partial charge on any atom is -0.412 e. The first kappa shape index (κ1) is 15.4. The average Bonchev–Trinajstić information content (AvgIpc) is 2.29. The largest absolute Gasteiger partial charge is 0.412 e. The third-order valence-electron chi connectivity index (χ3n) is 2.68. The molecule has 0 aliphatic carbocycles. The highest BCUT2D eigenvalue weighted by atomic mass is 32.2. The Labute approximate surface area is 111 Å². The highest BCUT2D eigenvalue weighted by molar-refractivity contribution is 7.90. The van der Waals surface area contributed by atoms with Crippen molar-refractivity contribution >= 4 is 21.7 Å². The predicted octanol–water partition coefficient (Wildman–Crippen LogP) is 0.859. The number of sulfonamides is 1. The van der Waals surface area contributed by atoms with Crippen LogP contribution in [-0.4, -0.2) is 25.9 Å². The summed E-state index contributed by atoms with van der Waals surface area (Å²) < 4.78 is 40.4. The first-order valence-electron chi connectivity index (χ1n) is 5.60. The lowest BCUT2D eigenvalue weighted by atomic mass is 10.2. The molecule has 106 valence electrons. The highest BCUT2D eigenvalue weighted by Crippen LogP contribution is 2.27. The van der Waals surface area contributed by atoms with Crippen LogP contribution in [0.25, 0.3) is 0 Å². The molecule has 1 aromatic carbocycles. The Balaban J connectivity index is 0.00000180. The Bertz CT molecular complexity index is 601. The number of nitrogens with one attached hydrogen (secondary N) is 2. The molecule has 1 atom stereocenters. The Kier molecular flexibility index (Phi) is 4.48. The summed E-state index contributed by atoms with van der Waals surface area (Å²) in [5.41, 5.74) is 0.331. The van der Waals surface area contributed by atoms with E-state index in [9.17, 15) is 12.8 Å². The molecule has 1 heterocycles. The standard InChI is InChI=1S/C11H14FN3O2S.H2O/c1-3-7(2)13-11-14-9-5-4-8(12)6-10(9)18(16,17)15-11;/h4-7H,3H2,1-2H3,(H2,13,14,15);1H2. The second-order valence-electron chi connectivity index (χ2n) is 4.13. The van der Waals surface area contributed by atoms with Crippen molar-refractivity contribution in [3.8, 4) is 0 Å². The molecule has 0 aromatic heterocycles. The summed E-state index contributed by atoms with van der Waals surface area (Å²) in [6.45, 7) is 3.88. The van der Waals surface area contributed by atoms with Crippen LogP contribution < -0.4 is 10.6 Å². The number of anilines is 1. The van der Waals surface area contributed by atoms with Crippen LogP contribution in [0.4, 0.5) is 10.1 Å². The normalized spacial score (nSPS) is 17.3. The number of rotatable bonds is 2. The molecule has 6 nitrogen and oxygen atoms in total. The number of nitrogens with zero attached hydrogens (tertiary/aromatic N) is 1. The number of benzene rings is 1. The minimum atomic E-state index is -3.84. The fourth-order valence-electron chi connectivity index (χ4n) is 1.53.